The summed E-state index contributed by atoms with van der Waals surface area (Å²) in [6, 6.07) is 3.34. The van der Waals surface area contributed by atoms with Crippen molar-refractivity contribution in [2.75, 3.05) is 11.9 Å². The second-order valence-electron chi connectivity index (χ2n) is 4.80. The van der Waals surface area contributed by atoms with E-state index in [9.17, 15) is 13.6 Å². The van der Waals surface area contributed by atoms with E-state index in [1.54, 1.807) is 0 Å². The Bertz CT molecular complexity index is 462. The first kappa shape index (κ1) is 15.9. The van der Waals surface area contributed by atoms with Crippen LogP contribution < -0.4 is 10.6 Å². The number of anilines is 1. The molecular formula is C13H17ClF2N2O. The first-order valence-corrected chi connectivity index (χ1v) is 6.03. The van der Waals surface area contributed by atoms with Crippen molar-refractivity contribution in [3.05, 3.63) is 29.8 Å². The smallest absolute Gasteiger partial charge is 0.244 e. The molecule has 19 heavy (non-hydrogen) atoms. The number of amides is 1. The van der Waals surface area contributed by atoms with Crippen LogP contribution in [0.4, 0.5) is 14.5 Å². The number of rotatable bonds is 2. The summed E-state index contributed by atoms with van der Waals surface area (Å²) < 4.78 is 25.8. The van der Waals surface area contributed by atoms with Gasteiger partial charge in [-0.1, -0.05) is 0 Å². The molecule has 1 amide bonds. The lowest BCUT2D eigenvalue weighted by atomic mass is 9.90. The molecule has 0 radical (unpaired) electrons. The number of benzene rings is 1. The lowest BCUT2D eigenvalue weighted by molar-refractivity contribution is -0.122. The highest BCUT2D eigenvalue weighted by Crippen LogP contribution is 2.21. The third-order valence-electron chi connectivity index (χ3n) is 3.30. The van der Waals surface area contributed by atoms with E-state index < -0.39 is 17.2 Å². The molecule has 0 aromatic heterocycles. The molecule has 106 valence electrons. The van der Waals surface area contributed by atoms with Gasteiger partial charge in [0.25, 0.3) is 0 Å². The first-order chi connectivity index (χ1) is 8.51. The fourth-order valence-electron chi connectivity index (χ4n) is 2.09. The summed E-state index contributed by atoms with van der Waals surface area (Å²) in [4.78, 5) is 12.1. The Hall–Kier alpha value is -1.20. The van der Waals surface area contributed by atoms with Crippen molar-refractivity contribution < 1.29 is 13.6 Å². The van der Waals surface area contributed by atoms with E-state index in [0.29, 0.717) is 0 Å². The van der Waals surface area contributed by atoms with Crippen molar-refractivity contribution in [1.29, 1.82) is 0 Å². The van der Waals surface area contributed by atoms with Gasteiger partial charge in [0.2, 0.25) is 5.91 Å². The lowest BCUT2D eigenvalue weighted by Gasteiger charge is -2.33. The number of hydrogen-bond donors (Lipinski definition) is 2. The van der Waals surface area contributed by atoms with Crippen LogP contribution in [-0.2, 0) is 4.79 Å². The minimum absolute atomic E-state index is 0. The van der Waals surface area contributed by atoms with Gasteiger partial charge in [-0.3, -0.25) is 4.79 Å². The second-order valence-corrected chi connectivity index (χ2v) is 4.80. The van der Waals surface area contributed by atoms with Crippen LogP contribution in [0.25, 0.3) is 0 Å². The molecule has 1 atom stereocenters. The Kier molecular flexibility index (Phi) is 5.26. The van der Waals surface area contributed by atoms with E-state index >= 15 is 0 Å². The quantitative estimate of drug-likeness (QED) is 0.879. The Morgan fingerprint density at radius 2 is 2.05 bits per heavy atom. The molecule has 0 saturated carbocycles. The average molecular weight is 291 g/mol. The van der Waals surface area contributed by atoms with Crippen molar-refractivity contribution in [3.63, 3.8) is 0 Å². The standard InChI is InChI=1S/C13H16F2N2O.ClH/c1-13(6-2-3-7-16-13)12(18)17-9-4-5-10(14)11(15)8-9;/h4-5,8,16H,2-3,6-7H2,1H3,(H,17,18);1H. The molecule has 0 bridgehead atoms. The predicted octanol–water partition coefficient (Wildman–Crippen LogP) is 2.86. The van der Waals surface area contributed by atoms with Crippen LogP contribution in [0.2, 0.25) is 0 Å². The number of carbonyl (C=O) groups is 1. The molecule has 1 aliphatic rings. The highest BCUT2D eigenvalue weighted by molar-refractivity contribution is 5.97. The van der Waals surface area contributed by atoms with E-state index in [2.05, 4.69) is 10.6 Å². The number of halogens is 3. The molecule has 0 spiro atoms. The average Bonchev–Trinajstić information content (AvgIpc) is 2.35. The monoisotopic (exact) mass is 290 g/mol. The van der Waals surface area contributed by atoms with E-state index in [4.69, 9.17) is 0 Å². The van der Waals surface area contributed by atoms with E-state index in [-0.39, 0.29) is 24.0 Å². The summed E-state index contributed by atoms with van der Waals surface area (Å²) in [5.74, 6) is -2.10. The Morgan fingerprint density at radius 1 is 1.32 bits per heavy atom. The van der Waals surface area contributed by atoms with Gasteiger partial charge in [0.15, 0.2) is 11.6 Å². The normalized spacial score (nSPS) is 22.5. The van der Waals surface area contributed by atoms with Crippen LogP contribution >= 0.6 is 12.4 Å². The van der Waals surface area contributed by atoms with Crippen molar-refractivity contribution in [2.45, 2.75) is 31.7 Å². The molecule has 2 N–H and O–H groups in total. The molecule has 1 heterocycles. The van der Waals surface area contributed by atoms with Gasteiger partial charge in [-0.2, -0.15) is 0 Å². The van der Waals surface area contributed by atoms with Gasteiger partial charge in [0.1, 0.15) is 0 Å². The molecule has 2 rings (SSSR count). The molecule has 1 aromatic carbocycles. The summed E-state index contributed by atoms with van der Waals surface area (Å²) >= 11 is 0. The Morgan fingerprint density at radius 3 is 2.63 bits per heavy atom. The number of hydrogen-bond acceptors (Lipinski definition) is 2. The van der Waals surface area contributed by atoms with Crippen molar-refractivity contribution >= 4 is 24.0 Å². The van der Waals surface area contributed by atoms with Crippen LogP contribution in [0, 0.1) is 11.6 Å². The fraction of sp³-hybridized carbons (Fsp3) is 0.462. The Balaban J connectivity index is 0.00000180. The van der Waals surface area contributed by atoms with Gasteiger partial charge in [0, 0.05) is 11.8 Å². The minimum atomic E-state index is -0.963. The van der Waals surface area contributed by atoms with Gasteiger partial charge in [0.05, 0.1) is 5.54 Å². The Labute approximate surface area is 117 Å². The largest absolute Gasteiger partial charge is 0.324 e. The number of carbonyl (C=O) groups excluding carboxylic acids is 1. The summed E-state index contributed by atoms with van der Waals surface area (Å²) in [5.41, 5.74) is -0.365. The van der Waals surface area contributed by atoms with E-state index in [1.165, 1.54) is 6.07 Å². The third kappa shape index (κ3) is 3.64. The predicted molar refractivity (Wildman–Crippen MR) is 72.5 cm³/mol. The topological polar surface area (TPSA) is 41.1 Å². The van der Waals surface area contributed by atoms with Crippen LogP contribution in [0.1, 0.15) is 26.2 Å². The van der Waals surface area contributed by atoms with Gasteiger partial charge < -0.3 is 10.6 Å². The zero-order chi connectivity index (χ0) is 13.2. The van der Waals surface area contributed by atoms with Crippen LogP contribution in [-0.4, -0.2) is 18.0 Å². The summed E-state index contributed by atoms with van der Waals surface area (Å²) in [7, 11) is 0. The molecule has 6 heteroatoms. The molecule has 3 nitrogen and oxygen atoms in total. The minimum Gasteiger partial charge on any atom is -0.324 e. The second kappa shape index (κ2) is 6.30. The van der Waals surface area contributed by atoms with Crippen molar-refractivity contribution in [3.8, 4) is 0 Å². The maximum absolute atomic E-state index is 13.0. The van der Waals surface area contributed by atoms with E-state index in [0.717, 1.165) is 37.9 Å². The molecule has 0 aliphatic carbocycles. The van der Waals surface area contributed by atoms with Crippen LogP contribution in [0.3, 0.4) is 0 Å². The van der Waals surface area contributed by atoms with E-state index in [1.807, 2.05) is 6.92 Å². The number of nitrogens with one attached hydrogen (secondary N) is 2. The summed E-state index contributed by atoms with van der Waals surface area (Å²) in [5, 5.41) is 5.77. The zero-order valence-corrected chi connectivity index (χ0v) is 11.4. The molecule has 1 aromatic rings. The highest BCUT2D eigenvalue weighted by atomic mass is 35.5. The third-order valence-corrected chi connectivity index (χ3v) is 3.30. The molecule has 1 aliphatic heterocycles. The first-order valence-electron chi connectivity index (χ1n) is 6.03. The van der Waals surface area contributed by atoms with Crippen LogP contribution in [0.5, 0.6) is 0 Å². The molecule has 1 fully saturated rings. The van der Waals surface area contributed by atoms with Gasteiger partial charge in [-0.15, -0.1) is 12.4 Å². The maximum Gasteiger partial charge on any atom is 0.244 e. The van der Waals surface area contributed by atoms with Gasteiger partial charge in [-0.05, 0) is 44.9 Å². The summed E-state index contributed by atoms with van der Waals surface area (Å²) in [6.07, 6.45) is 2.77. The molecule has 1 saturated heterocycles. The summed E-state index contributed by atoms with van der Waals surface area (Å²) in [6.45, 7) is 2.61. The zero-order valence-electron chi connectivity index (χ0n) is 10.6. The molecular weight excluding hydrogens is 274 g/mol. The number of piperidine rings is 1. The highest BCUT2D eigenvalue weighted by Gasteiger charge is 2.34. The van der Waals surface area contributed by atoms with Crippen molar-refractivity contribution in [2.24, 2.45) is 0 Å². The van der Waals surface area contributed by atoms with Crippen molar-refractivity contribution in [1.82, 2.24) is 5.32 Å². The van der Waals surface area contributed by atoms with Gasteiger partial charge in [-0.25, -0.2) is 8.78 Å². The lowest BCUT2D eigenvalue weighted by Crippen LogP contribution is -2.54. The fourth-order valence-corrected chi connectivity index (χ4v) is 2.09. The SMILES string of the molecule is CC1(C(=O)Nc2ccc(F)c(F)c2)CCCCN1.Cl. The van der Waals surface area contributed by atoms with Gasteiger partial charge >= 0.3 is 0 Å². The molecule has 1 unspecified atom stereocenters. The van der Waals surface area contributed by atoms with Crippen LogP contribution in [0.15, 0.2) is 18.2 Å². The maximum atomic E-state index is 13.0.